The first-order valence-corrected chi connectivity index (χ1v) is 14.8. The van der Waals surface area contributed by atoms with Crippen molar-refractivity contribution in [2.45, 2.75) is 0 Å². The summed E-state index contributed by atoms with van der Waals surface area (Å²) in [6.07, 6.45) is 0. The van der Waals surface area contributed by atoms with Crippen LogP contribution in [-0.2, 0) is 0 Å². The molecule has 0 atom stereocenters. The van der Waals surface area contributed by atoms with Crippen LogP contribution in [0.1, 0.15) is 0 Å². The van der Waals surface area contributed by atoms with Crippen molar-refractivity contribution in [3.8, 4) is 33.4 Å². The Kier molecular flexibility index (Phi) is 5.27. The Morgan fingerprint density at radius 2 is 0.884 bits per heavy atom. The van der Waals surface area contributed by atoms with E-state index in [9.17, 15) is 0 Å². The third-order valence-electron chi connectivity index (χ3n) is 8.86. The summed E-state index contributed by atoms with van der Waals surface area (Å²) < 4.78 is 6.67. The van der Waals surface area contributed by atoms with Crippen LogP contribution in [0, 0.1) is 0 Å². The molecule has 1 nitrogen and oxygen atoms in total. The number of hydrogen-bond acceptors (Lipinski definition) is 1. The molecule has 0 saturated heterocycles. The van der Waals surface area contributed by atoms with E-state index in [2.05, 4.69) is 158 Å². The summed E-state index contributed by atoms with van der Waals surface area (Å²) in [5, 5.41) is 9.79. The second-order valence-electron chi connectivity index (χ2n) is 11.2. The molecule has 0 aliphatic rings. The number of fused-ring (bicyclic) bond motifs is 6. The molecule has 0 fully saturated rings. The molecule has 1 aromatic heterocycles. The summed E-state index contributed by atoms with van der Waals surface area (Å²) >= 11 is 0. The number of para-hydroxylation sites is 1. The Bertz CT molecular complexity index is 2440. The second-order valence-corrected chi connectivity index (χ2v) is 11.2. The fraction of sp³-hybridized carbons (Fsp3) is 0. The molecule has 0 aliphatic heterocycles. The minimum Gasteiger partial charge on any atom is -0.455 e. The Balaban J connectivity index is 1.34. The van der Waals surface area contributed by atoms with E-state index in [1.54, 1.807) is 0 Å². The maximum absolute atomic E-state index is 6.67. The average molecular weight is 547 g/mol. The Morgan fingerprint density at radius 3 is 1.63 bits per heavy atom. The quantitative estimate of drug-likeness (QED) is 0.201. The van der Waals surface area contributed by atoms with Crippen LogP contribution in [0.25, 0.3) is 87.6 Å². The van der Waals surface area contributed by atoms with Gasteiger partial charge in [-0.25, -0.2) is 0 Å². The lowest BCUT2D eigenvalue weighted by molar-refractivity contribution is 0.670. The van der Waals surface area contributed by atoms with Crippen molar-refractivity contribution in [1.82, 2.24) is 0 Å². The highest BCUT2D eigenvalue weighted by molar-refractivity contribution is 6.24. The molecular weight excluding hydrogens is 520 g/mol. The first kappa shape index (κ1) is 24.0. The van der Waals surface area contributed by atoms with E-state index in [-0.39, 0.29) is 0 Å². The van der Waals surface area contributed by atoms with E-state index >= 15 is 0 Å². The zero-order valence-corrected chi connectivity index (χ0v) is 23.4. The summed E-state index contributed by atoms with van der Waals surface area (Å²) in [4.78, 5) is 0. The van der Waals surface area contributed by atoms with Gasteiger partial charge in [0.2, 0.25) is 0 Å². The minimum atomic E-state index is 0.905. The predicted molar refractivity (Wildman–Crippen MR) is 183 cm³/mol. The number of rotatable bonds is 3. The normalized spacial score (nSPS) is 11.7. The summed E-state index contributed by atoms with van der Waals surface area (Å²) in [6.45, 7) is 0. The number of furan rings is 1. The highest BCUT2D eigenvalue weighted by Crippen LogP contribution is 2.46. The lowest BCUT2D eigenvalue weighted by Crippen LogP contribution is -1.91. The number of hydrogen-bond donors (Lipinski definition) is 0. The first-order chi connectivity index (χ1) is 21.3. The molecule has 0 unspecified atom stereocenters. The second kappa shape index (κ2) is 9.44. The Hall–Kier alpha value is -5.66. The van der Waals surface area contributed by atoms with Crippen molar-refractivity contribution in [3.63, 3.8) is 0 Å². The van der Waals surface area contributed by atoms with Gasteiger partial charge >= 0.3 is 0 Å². The van der Waals surface area contributed by atoms with Crippen molar-refractivity contribution in [3.05, 3.63) is 158 Å². The molecule has 0 radical (unpaired) electrons. The van der Waals surface area contributed by atoms with Crippen molar-refractivity contribution in [1.29, 1.82) is 0 Å². The molecule has 200 valence electrons. The largest absolute Gasteiger partial charge is 0.455 e. The standard InChI is InChI=1S/C42H26O/c1-2-12-28(13-3-1)31-21-11-23-38-32-25-24-29(26-39(32)43-42(31)38)40-34-17-6-8-19-36(34)41(37-20-9-7-18-35(37)40)33-22-10-15-27-14-4-5-16-30(27)33/h1-26H. The molecule has 1 heterocycles. The van der Waals surface area contributed by atoms with Gasteiger partial charge in [-0.15, -0.1) is 0 Å². The van der Waals surface area contributed by atoms with Gasteiger partial charge in [0, 0.05) is 16.3 Å². The fourth-order valence-electron chi connectivity index (χ4n) is 6.97. The monoisotopic (exact) mass is 546 g/mol. The molecular formula is C42H26O. The van der Waals surface area contributed by atoms with Gasteiger partial charge in [0.05, 0.1) is 0 Å². The topological polar surface area (TPSA) is 13.1 Å². The molecule has 0 bridgehead atoms. The van der Waals surface area contributed by atoms with Crippen LogP contribution in [0.4, 0.5) is 0 Å². The summed E-state index contributed by atoms with van der Waals surface area (Å²) in [5.74, 6) is 0. The Labute approximate surface area is 249 Å². The van der Waals surface area contributed by atoms with Crippen LogP contribution in [0.5, 0.6) is 0 Å². The minimum absolute atomic E-state index is 0.905. The van der Waals surface area contributed by atoms with Crippen LogP contribution in [-0.4, -0.2) is 0 Å². The first-order valence-electron chi connectivity index (χ1n) is 14.8. The highest BCUT2D eigenvalue weighted by atomic mass is 16.3. The molecule has 0 spiro atoms. The average Bonchev–Trinajstić information content (AvgIpc) is 3.45. The van der Waals surface area contributed by atoms with Gasteiger partial charge in [-0.2, -0.15) is 0 Å². The predicted octanol–water partition coefficient (Wildman–Crippen LogP) is 12.0. The van der Waals surface area contributed by atoms with E-state index in [1.807, 2.05) is 0 Å². The Morgan fingerprint density at radius 1 is 0.326 bits per heavy atom. The molecule has 0 amide bonds. The molecule has 0 aliphatic carbocycles. The van der Waals surface area contributed by atoms with Crippen molar-refractivity contribution in [2.24, 2.45) is 0 Å². The summed E-state index contributed by atoms with van der Waals surface area (Å²) in [6, 6.07) is 56.7. The maximum atomic E-state index is 6.67. The lowest BCUT2D eigenvalue weighted by atomic mass is 9.84. The van der Waals surface area contributed by atoms with E-state index in [0.29, 0.717) is 0 Å². The zero-order valence-electron chi connectivity index (χ0n) is 23.4. The molecule has 43 heavy (non-hydrogen) atoms. The number of benzene rings is 8. The SMILES string of the molecule is c1ccc(-c2cccc3c2oc2cc(-c4c5ccccc5c(-c5cccc6ccccc56)c5ccccc45)ccc23)cc1. The van der Waals surface area contributed by atoms with E-state index in [4.69, 9.17) is 4.42 Å². The molecule has 8 aromatic carbocycles. The van der Waals surface area contributed by atoms with E-state index in [1.165, 1.54) is 49.0 Å². The van der Waals surface area contributed by atoms with E-state index < -0.39 is 0 Å². The fourth-order valence-corrected chi connectivity index (χ4v) is 6.97. The zero-order chi connectivity index (χ0) is 28.3. The van der Waals surface area contributed by atoms with Gasteiger partial charge < -0.3 is 4.42 Å². The summed E-state index contributed by atoms with van der Waals surface area (Å²) in [5.41, 5.74) is 9.05. The van der Waals surface area contributed by atoms with Crippen molar-refractivity contribution >= 4 is 54.3 Å². The van der Waals surface area contributed by atoms with Gasteiger partial charge in [0.1, 0.15) is 11.2 Å². The molecule has 0 saturated carbocycles. The third kappa shape index (κ3) is 3.65. The van der Waals surface area contributed by atoms with Gasteiger partial charge in [-0.05, 0) is 72.3 Å². The van der Waals surface area contributed by atoms with Crippen molar-refractivity contribution < 1.29 is 4.42 Å². The van der Waals surface area contributed by atoms with Gasteiger partial charge in [-0.3, -0.25) is 0 Å². The third-order valence-corrected chi connectivity index (χ3v) is 8.86. The van der Waals surface area contributed by atoms with Gasteiger partial charge in [0.25, 0.3) is 0 Å². The molecule has 9 rings (SSSR count). The van der Waals surface area contributed by atoms with Crippen LogP contribution in [0.15, 0.2) is 162 Å². The summed E-state index contributed by atoms with van der Waals surface area (Å²) in [7, 11) is 0. The van der Waals surface area contributed by atoms with Crippen LogP contribution < -0.4 is 0 Å². The van der Waals surface area contributed by atoms with Crippen LogP contribution in [0.3, 0.4) is 0 Å². The van der Waals surface area contributed by atoms with Crippen molar-refractivity contribution in [2.75, 3.05) is 0 Å². The molecule has 0 N–H and O–H groups in total. The van der Waals surface area contributed by atoms with Crippen LogP contribution >= 0.6 is 0 Å². The molecule has 1 heteroatoms. The smallest absolute Gasteiger partial charge is 0.143 e. The lowest BCUT2D eigenvalue weighted by Gasteiger charge is -2.18. The molecule has 9 aromatic rings. The highest BCUT2D eigenvalue weighted by Gasteiger charge is 2.19. The van der Waals surface area contributed by atoms with Gasteiger partial charge in [-0.1, -0.05) is 146 Å². The van der Waals surface area contributed by atoms with Gasteiger partial charge in [0.15, 0.2) is 0 Å². The maximum Gasteiger partial charge on any atom is 0.143 e. The van der Waals surface area contributed by atoms with E-state index in [0.717, 1.165) is 38.6 Å². The van der Waals surface area contributed by atoms with Crippen LogP contribution in [0.2, 0.25) is 0 Å².